The summed E-state index contributed by atoms with van der Waals surface area (Å²) in [6.45, 7) is 8.75. The number of ether oxygens (including phenoxy) is 3. The van der Waals surface area contributed by atoms with E-state index in [2.05, 4.69) is 31.9 Å². The first-order valence-corrected chi connectivity index (χ1v) is 12.3. The number of rotatable bonds is 13. The zero-order valence-electron chi connectivity index (χ0n) is 22.7. The predicted octanol–water partition coefficient (Wildman–Crippen LogP) is 7.39. The number of carbonyl (C=O) groups excluding carboxylic acids is 1. The number of likely N-dealkylation sites (N-methyl/N-ethyl adjacent to an activating group) is 1. The van der Waals surface area contributed by atoms with Gasteiger partial charge in [0.1, 0.15) is 29.5 Å². The summed E-state index contributed by atoms with van der Waals surface area (Å²) in [7, 11) is 2.99. The molecule has 0 aromatic heterocycles. The molecular weight excluding hydrogens is 516 g/mol. The molecule has 0 atom stereocenters. The fourth-order valence-corrected chi connectivity index (χ4v) is 3.46. The number of nitro groups is 1. The largest absolute Gasteiger partial charge is 0.494 e. The van der Waals surface area contributed by atoms with Crippen LogP contribution in [0, 0.1) is 10.1 Å². The van der Waals surface area contributed by atoms with Gasteiger partial charge in [0, 0.05) is 42.1 Å². The van der Waals surface area contributed by atoms with Crippen LogP contribution in [0.15, 0.2) is 93.3 Å². The third-order valence-electron chi connectivity index (χ3n) is 5.63. The maximum absolute atomic E-state index is 11.6. The van der Waals surface area contributed by atoms with E-state index in [0.717, 1.165) is 12.2 Å². The second kappa shape index (κ2) is 14.1. The molecule has 0 radical (unpaired) electrons. The number of hydrogen-bond donors (Lipinski definition) is 0. The van der Waals surface area contributed by atoms with E-state index in [1.165, 1.54) is 38.5 Å². The smallest absolute Gasteiger partial charge is 0.333 e. The van der Waals surface area contributed by atoms with Crippen molar-refractivity contribution >= 4 is 40.1 Å². The summed E-state index contributed by atoms with van der Waals surface area (Å²) in [6, 6.07) is 16.4. The number of non-ortho nitro benzene ring substituents is 1. The van der Waals surface area contributed by atoms with E-state index in [0.29, 0.717) is 46.4 Å². The summed E-state index contributed by atoms with van der Waals surface area (Å²) in [5.41, 5.74) is 3.15. The highest BCUT2D eigenvalue weighted by Crippen LogP contribution is 2.41. The van der Waals surface area contributed by atoms with Crippen LogP contribution in [0.5, 0.6) is 11.5 Å². The van der Waals surface area contributed by atoms with Crippen LogP contribution < -0.4 is 14.4 Å². The monoisotopic (exact) mass is 546 g/mol. The molecule has 40 heavy (non-hydrogen) atoms. The fraction of sp³-hybridized carbons (Fsp3) is 0.250. The molecule has 0 heterocycles. The van der Waals surface area contributed by atoms with Crippen LogP contribution >= 0.6 is 0 Å². The summed E-state index contributed by atoms with van der Waals surface area (Å²) in [5, 5.41) is 27.8. The molecule has 0 amide bonds. The van der Waals surface area contributed by atoms with Gasteiger partial charge in [-0.2, -0.15) is 10.2 Å². The zero-order chi connectivity index (χ0) is 29.1. The standard InChI is InChI=1S/C28H30N6O6/c1-6-33(15-16-40-28(35)19(2)3)22-11-7-20(8-12-22)29-31-24-17-27(39-5)25(18-26(24)38-4)32-30-21-9-13-23(14-10-21)34(36)37/h7-14,17-18H,2,6,15-16H2,1,3-5H3. The van der Waals surface area contributed by atoms with Crippen LogP contribution in [0.3, 0.4) is 0 Å². The number of hydrogen-bond acceptors (Lipinski definition) is 11. The molecule has 12 nitrogen and oxygen atoms in total. The molecule has 208 valence electrons. The molecule has 0 N–H and O–H groups in total. The second-order valence-corrected chi connectivity index (χ2v) is 8.38. The van der Waals surface area contributed by atoms with Gasteiger partial charge in [0.2, 0.25) is 0 Å². The number of nitro benzene ring substituents is 1. The molecule has 0 saturated heterocycles. The summed E-state index contributed by atoms with van der Waals surface area (Å²) < 4.78 is 16.1. The lowest BCUT2D eigenvalue weighted by molar-refractivity contribution is -0.384. The van der Waals surface area contributed by atoms with E-state index in [1.807, 2.05) is 31.2 Å². The summed E-state index contributed by atoms with van der Waals surface area (Å²) >= 11 is 0. The number of benzene rings is 3. The summed E-state index contributed by atoms with van der Waals surface area (Å²) in [5.74, 6) is 0.390. The topological polar surface area (TPSA) is 141 Å². The highest BCUT2D eigenvalue weighted by atomic mass is 16.6. The van der Waals surface area contributed by atoms with Crippen LogP contribution in [0.2, 0.25) is 0 Å². The number of carbonyl (C=O) groups is 1. The van der Waals surface area contributed by atoms with Crippen molar-refractivity contribution in [3.05, 3.63) is 82.9 Å². The molecule has 0 aliphatic rings. The molecule has 3 aromatic rings. The molecule has 12 heteroatoms. The number of methoxy groups -OCH3 is 2. The molecule has 0 bridgehead atoms. The van der Waals surface area contributed by atoms with Gasteiger partial charge in [0.25, 0.3) is 5.69 Å². The van der Waals surface area contributed by atoms with Crippen molar-refractivity contribution in [2.45, 2.75) is 13.8 Å². The maximum atomic E-state index is 11.6. The lowest BCUT2D eigenvalue weighted by Gasteiger charge is -2.22. The van der Waals surface area contributed by atoms with E-state index in [1.54, 1.807) is 19.1 Å². The zero-order valence-corrected chi connectivity index (χ0v) is 22.7. The highest BCUT2D eigenvalue weighted by Gasteiger charge is 2.12. The molecule has 0 aliphatic heterocycles. The Kier molecular flexibility index (Phi) is 10.4. The van der Waals surface area contributed by atoms with Crippen LogP contribution in [-0.4, -0.2) is 44.8 Å². The first kappa shape index (κ1) is 29.4. The lowest BCUT2D eigenvalue weighted by atomic mass is 10.2. The van der Waals surface area contributed by atoms with Gasteiger partial charge in [0.15, 0.2) is 0 Å². The summed E-state index contributed by atoms with van der Waals surface area (Å²) in [6.07, 6.45) is 0. The molecule has 0 fully saturated rings. The maximum Gasteiger partial charge on any atom is 0.333 e. The van der Waals surface area contributed by atoms with Crippen LogP contribution in [0.25, 0.3) is 0 Å². The molecule has 0 unspecified atom stereocenters. The average molecular weight is 547 g/mol. The van der Waals surface area contributed by atoms with Crippen LogP contribution in [0.4, 0.5) is 34.1 Å². The van der Waals surface area contributed by atoms with Crippen molar-refractivity contribution in [3.8, 4) is 11.5 Å². The Bertz CT molecular complexity index is 1400. The highest BCUT2D eigenvalue weighted by molar-refractivity contribution is 5.86. The van der Waals surface area contributed by atoms with Gasteiger partial charge in [-0.1, -0.05) is 6.58 Å². The third kappa shape index (κ3) is 7.93. The summed E-state index contributed by atoms with van der Waals surface area (Å²) in [4.78, 5) is 24.0. The van der Waals surface area contributed by atoms with Crippen molar-refractivity contribution in [2.75, 3.05) is 38.8 Å². The van der Waals surface area contributed by atoms with E-state index in [9.17, 15) is 14.9 Å². The normalized spacial score (nSPS) is 11.0. The SMILES string of the molecule is C=C(C)C(=O)OCCN(CC)c1ccc(N=Nc2cc(OC)c(N=Nc3ccc([N+](=O)[O-])cc3)cc2OC)cc1. The van der Waals surface area contributed by atoms with Gasteiger partial charge in [-0.15, -0.1) is 10.2 Å². The van der Waals surface area contributed by atoms with E-state index < -0.39 is 10.9 Å². The Balaban J connectivity index is 1.73. The Hall–Kier alpha value is -5.13. The molecule has 0 spiro atoms. The molecule has 3 rings (SSSR count). The Labute approximate surface area is 231 Å². The minimum absolute atomic E-state index is 0.0353. The van der Waals surface area contributed by atoms with Gasteiger partial charge in [-0.05, 0) is 50.2 Å². The van der Waals surface area contributed by atoms with Gasteiger partial charge < -0.3 is 19.1 Å². The first-order chi connectivity index (χ1) is 19.2. The molecule has 3 aromatic carbocycles. The molecule has 0 aliphatic carbocycles. The molecule has 0 saturated carbocycles. The second-order valence-electron chi connectivity index (χ2n) is 8.38. The number of esters is 1. The molecular formula is C28H30N6O6. The van der Waals surface area contributed by atoms with Gasteiger partial charge in [-0.25, -0.2) is 4.79 Å². The van der Waals surface area contributed by atoms with Crippen LogP contribution in [-0.2, 0) is 9.53 Å². The van der Waals surface area contributed by atoms with Gasteiger partial charge in [0.05, 0.1) is 37.1 Å². The third-order valence-corrected chi connectivity index (χ3v) is 5.63. The quantitative estimate of drug-likeness (QED) is 0.0715. The minimum Gasteiger partial charge on any atom is -0.494 e. The van der Waals surface area contributed by atoms with Crippen molar-refractivity contribution in [2.24, 2.45) is 20.5 Å². The average Bonchev–Trinajstić information content (AvgIpc) is 2.97. The minimum atomic E-state index is -0.483. The van der Waals surface area contributed by atoms with Crippen molar-refractivity contribution in [1.29, 1.82) is 0 Å². The predicted molar refractivity (Wildman–Crippen MR) is 151 cm³/mol. The Morgan fingerprint density at radius 1 is 0.900 bits per heavy atom. The Morgan fingerprint density at radius 3 is 1.82 bits per heavy atom. The Morgan fingerprint density at radius 2 is 1.40 bits per heavy atom. The number of anilines is 1. The van der Waals surface area contributed by atoms with Crippen molar-refractivity contribution in [1.82, 2.24) is 0 Å². The van der Waals surface area contributed by atoms with E-state index in [4.69, 9.17) is 14.2 Å². The first-order valence-electron chi connectivity index (χ1n) is 12.3. The van der Waals surface area contributed by atoms with Gasteiger partial charge in [-0.3, -0.25) is 10.1 Å². The van der Waals surface area contributed by atoms with Crippen molar-refractivity contribution in [3.63, 3.8) is 0 Å². The van der Waals surface area contributed by atoms with Gasteiger partial charge >= 0.3 is 5.97 Å². The fourth-order valence-electron chi connectivity index (χ4n) is 3.46. The van der Waals surface area contributed by atoms with Crippen LogP contribution in [0.1, 0.15) is 13.8 Å². The van der Waals surface area contributed by atoms with E-state index in [-0.39, 0.29) is 12.3 Å². The lowest BCUT2D eigenvalue weighted by Crippen LogP contribution is -2.28. The number of azo groups is 2. The number of nitrogens with zero attached hydrogens (tertiary/aromatic N) is 6. The van der Waals surface area contributed by atoms with Crippen molar-refractivity contribution < 1.29 is 23.9 Å². The van der Waals surface area contributed by atoms with E-state index >= 15 is 0 Å².